The Labute approximate surface area is 405 Å². The van der Waals surface area contributed by atoms with Crippen molar-refractivity contribution in [2.45, 2.75) is 103 Å². The molecule has 7 amide bonds. The molecule has 18 heteroatoms. The minimum Gasteiger partial charge on any atom is -0.444 e. The van der Waals surface area contributed by atoms with Crippen molar-refractivity contribution in [1.29, 1.82) is 0 Å². The summed E-state index contributed by atoms with van der Waals surface area (Å²) < 4.78 is 5.51. The number of ether oxygens (including phenoxy) is 1. The number of benzene rings is 2. The summed E-state index contributed by atoms with van der Waals surface area (Å²) in [5, 5.41) is 8.14. The van der Waals surface area contributed by atoms with Gasteiger partial charge in [0.05, 0.1) is 0 Å². The van der Waals surface area contributed by atoms with Gasteiger partial charge in [-0.1, -0.05) is 12.1 Å². The van der Waals surface area contributed by atoms with Crippen molar-refractivity contribution >= 4 is 52.9 Å². The number of amides is 7. The molecule has 69 heavy (non-hydrogen) atoms. The SMILES string of the molecule is CC(C)(C)OC(=O)N1CCN(CC2CCN(c3ccc4c(c3)C(=O)N(C3CCC(=O)NC3=O)C4)CC2)CC1.O=C1CCC(N2Cc3ccc(N4CCC(CN5CCNCC5)CC4)cc3C2=O)C(=O)N1. The van der Waals surface area contributed by atoms with Crippen molar-refractivity contribution in [2.75, 3.05) is 101 Å². The van der Waals surface area contributed by atoms with Gasteiger partial charge in [0.1, 0.15) is 17.7 Å². The number of nitrogens with one attached hydrogen (secondary N) is 3. The van der Waals surface area contributed by atoms with E-state index in [4.69, 9.17) is 4.74 Å². The molecule has 3 N–H and O–H groups in total. The number of carbonyl (C=O) groups is 7. The smallest absolute Gasteiger partial charge is 0.410 e. The number of piperazine rings is 2. The zero-order valence-corrected chi connectivity index (χ0v) is 40.6. The maximum absolute atomic E-state index is 13.2. The minimum atomic E-state index is -0.585. The van der Waals surface area contributed by atoms with Gasteiger partial charge < -0.3 is 39.5 Å². The largest absolute Gasteiger partial charge is 0.444 e. The van der Waals surface area contributed by atoms with Gasteiger partial charge in [-0.3, -0.25) is 44.3 Å². The Bertz CT molecular complexity index is 2290. The fourth-order valence-electron chi connectivity index (χ4n) is 11.3. The molecule has 8 aliphatic rings. The molecule has 2 unspecified atom stereocenters. The van der Waals surface area contributed by atoms with Gasteiger partial charge in [-0.25, -0.2) is 4.79 Å². The number of carbonyl (C=O) groups excluding carboxylic acids is 7. The number of fused-ring (bicyclic) bond motifs is 2. The average molecular weight is 951 g/mol. The lowest BCUT2D eigenvalue weighted by atomic mass is 9.95. The number of rotatable bonds is 8. The van der Waals surface area contributed by atoms with E-state index in [2.05, 4.69) is 47.7 Å². The van der Waals surface area contributed by atoms with Gasteiger partial charge in [0.15, 0.2) is 0 Å². The number of hydrogen-bond donors (Lipinski definition) is 3. The summed E-state index contributed by atoms with van der Waals surface area (Å²) in [7, 11) is 0. The van der Waals surface area contributed by atoms with E-state index in [0.29, 0.717) is 56.1 Å². The van der Waals surface area contributed by atoms with Gasteiger partial charge in [0, 0.05) is 140 Å². The highest BCUT2D eigenvalue weighted by Gasteiger charge is 2.41. The fraction of sp³-hybridized carbons (Fsp3) is 0.627. The van der Waals surface area contributed by atoms with Crippen molar-refractivity contribution in [3.8, 4) is 0 Å². The van der Waals surface area contributed by atoms with Gasteiger partial charge >= 0.3 is 6.09 Å². The van der Waals surface area contributed by atoms with E-state index in [9.17, 15) is 33.6 Å². The standard InChI is InChI=1S/C28H39N5O5.C23H31N5O3/c1-28(2,3)38-27(37)32-14-12-30(13-15-32)17-19-8-10-31(11-9-19)21-5-4-20-18-33(26(36)22(20)16-21)23-6-7-24(34)29-25(23)35;29-21-4-3-20(22(30)25-21)28-15-17-1-2-18(13-19(17)23(28)31)27-9-5-16(6-10-27)14-26-11-7-24-8-12-26/h4-5,16,19,23H,6-15,17-18H2,1-3H3,(H,29,34,35);1-2,13,16,20,24H,3-12,14-15H2,(H,25,29,30). The zero-order valence-electron chi connectivity index (χ0n) is 40.6. The monoisotopic (exact) mass is 951 g/mol. The van der Waals surface area contributed by atoms with Crippen LogP contribution in [0.3, 0.4) is 0 Å². The highest BCUT2D eigenvalue weighted by molar-refractivity contribution is 6.07. The molecule has 2 atom stereocenters. The molecular weight excluding hydrogens is 881 g/mol. The number of nitrogens with zero attached hydrogens (tertiary/aromatic N) is 7. The lowest BCUT2D eigenvalue weighted by Gasteiger charge is -2.39. The first-order valence-electron chi connectivity index (χ1n) is 25.3. The van der Waals surface area contributed by atoms with E-state index < -0.39 is 17.7 Å². The predicted molar refractivity (Wildman–Crippen MR) is 258 cm³/mol. The molecule has 2 aromatic rings. The van der Waals surface area contributed by atoms with E-state index in [-0.39, 0.29) is 54.4 Å². The summed E-state index contributed by atoms with van der Waals surface area (Å²) in [6, 6.07) is 11.1. The summed E-state index contributed by atoms with van der Waals surface area (Å²) in [6.45, 7) is 20.3. The maximum atomic E-state index is 13.2. The third kappa shape index (κ3) is 11.4. The minimum absolute atomic E-state index is 0.0973. The zero-order chi connectivity index (χ0) is 48.4. The first-order valence-corrected chi connectivity index (χ1v) is 25.3. The third-order valence-electron chi connectivity index (χ3n) is 15.2. The molecule has 6 fully saturated rings. The van der Waals surface area contributed by atoms with Crippen molar-refractivity contribution in [1.82, 2.24) is 40.4 Å². The van der Waals surface area contributed by atoms with E-state index in [1.807, 2.05) is 45.0 Å². The Morgan fingerprint density at radius 2 is 1.01 bits per heavy atom. The first-order chi connectivity index (χ1) is 33.2. The molecular formula is C51H70N10O8. The Morgan fingerprint density at radius 1 is 0.580 bits per heavy atom. The van der Waals surface area contributed by atoms with Crippen LogP contribution in [0.5, 0.6) is 0 Å². The summed E-state index contributed by atoms with van der Waals surface area (Å²) >= 11 is 0. The van der Waals surface area contributed by atoms with Crippen LogP contribution in [0.4, 0.5) is 16.2 Å². The van der Waals surface area contributed by atoms with Crippen LogP contribution in [-0.2, 0) is 37.0 Å². The van der Waals surface area contributed by atoms with Crippen LogP contribution in [0.25, 0.3) is 0 Å². The highest BCUT2D eigenvalue weighted by Crippen LogP contribution is 2.34. The Hall–Kier alpha value is -5.59. The third-order valence-corrected chi connectivity index (χ3v) is 15.2. The molecule has 8 aliphatic heterocycles. The number of imide groups is 2. The Balaban J connectivity index is 0.000000175. The highest BCUT2D eigenvalue weighted by atomic mass is 16.6. The van der Waals surface area contributed by atoms with Gasteiger partial charge in [-0.2, -0.15) is 0 Å². The van der Waals surface area contributed by atoms with Crippen molar-refractivity contribution in [3.05, 3.63) is 58.7 Å². The summed E-state index contributed by atoms with van der Waals surface area (Å²) in [6.07, 6.45) is 5.62. The van der Waals surface area contributed by atoms with Crippen LogP contribution in [-0.4, -0.2) is 175 Å². The van der Waals surface area contributed by atoms with Crippen molar-refractivity contribution in [2.24, 2.45) is 11.8 Å². The van der Waals surface area contributed by atoms with Crippen LogP contribution in [0, 0.1) is 11.8 Å². The number of piperidine rings is 4. The molecule has 0 radical (unpaired) electrons. The van der Waals surface area contributed by atoms with Crippen LogP contribution in [0.1, 0.15) is 104 Å². The Kier molecular flexibility index (Phi) is 14.6. The molecule has 0 spiro atoms. The van der Waals surface area contributed by atoms with E-state index >= 15 is 0 Å². The molecule has 0 saturated carbocycles. The molecule has 0 aromatic heterocycles. The van der Waals surface area contributed by atoms with E-state index in [0.717, 1.165) is 113 Å². The second kappa shape index (κ2) is 20.8. The van der Waals surface area contributed by atoms with Gasteiger partial charge in [0.2, 0.25) is 23.6 Å². The lowest BCUT2D eigenvalue weighted by molar-refractivity contribution is -0.138. The summed E-state index contributed by atoms with van der Waals surface area (Å²) in [5.74, 6) is -0.138. The molecule has 372 valence electrons. The normalized spacial score (nSPS) is 24.5. The topological polar surface area (TPSA) is 187 Å². The molecule has 2 aromatic carbocycles. The summed E-state index contributed by atoms with van der Waals surface area (Å²) in [4.78, 5) is 101. The van der Waals surface area contributed by atoms with Crippen LogP contribution >= 0.6 is 0 Å². The van der Waals surface area contributed by atoms with Gasteiger partial charge in [-0.15, -0.1) is 0 Å². The molecule has 0 aliphatic carbocycles. The number of hydrogen-bond acceptors (Lipinski definition) is 13. The second-order valence-electron chi connectivity index (χ2n) is 21.2. The average Bonchev–Trinajstić information content (AvgIpc) is 3.84. The Morgan fingerprint density at radius 3 is 1.43 bits per heavy atom. The number of anilines is 2. The molecule has 18 nitrogen and oxygen atoms in total. The maximum Gasteiger partial charge on any atom is 0.410 e. The predicted octanol–water partition coefficient (Wildman–Crippen LogP) is 2.79. The summed E-state index contributed by atoms with van der Waals surface area (Å²) in [5.41, 5.74) is 4.93. The lowest BCUT2D eigenvalue weighted by Crippen LogP contribution is -2.52. The quantitative estimate of drug-likeness (QED) is 0.329. The van der Waals surface area contributed by atoms with Crippen molar-refractivity contribution in [3.63, 3.8) is 0 Å². The van der Waals surface area contributed by atoms with Crippen molar-refractivity contribution < 1.29 is 38.3 Å². The van der Waals surface area contributed by atoms with Gasteiger partial charge in [0.25, 0.3) is 11.8 Å². The van der Waals surface area contributed by atoms with E-state index in [1.165, 1.54) is 19.4 Å². The fourth-order valence-corrected chi connectivity index (χ4v) is 11.3. The van der Waals surface area contributed by atoms with Crippen LogP contribution < -0.4 is 25.8 Å². The second-order valence-corrected chi connectivity index (χ2v) is 21.2. The molecule has 0 bridgehead atoms. The molecule has 10 rings (SSSR count). The molecule has 6 saturated heterocycles. The van der Waals surface area contributed by atoms with Crippen LogP contribution in [0.2, 0.25) is 0 Å². The first kappa shape index (κ1) is 48.4. The van der Waals surface area contributed by atoms with E-state index in [1.54, 1.807) is 14.7 Å². The van der Waals surface area contributed by atoms with Gasteiger partial charge in [-0.05, 0) is 107 Å². The molecule has 8 heterocycles. The van der Waals surface area contributed by atoms with Crippen LogP contribution in [0.15, 0.2) is 36.4 Å².